The lowest BCUT2D eigenvalue weighted by molar-refractivity contribution is -0.275. The molecule has 0 aliphatic heterocycles. The molecule has 6 nitrogen and oxygen atoms in total. The number of aromatic carboxylic acids is 1. The molecule has 0 aliphatic rings. The third-order valence-corrected chi connectivity index (χ3v) is 5.33. The zero-order chi connectivity index (χ0) is 26.2. The van der Waals surface area contributed by atoms with Gasteiger partial charge >= 0.3 is 12.3 Å². The number of ether oxygens (including phenoxy) is 3. The Labute approximate surface area is 207 Å². The highest BCUT2D eigenvalue weighted by Crippen LogP contribution is 2.44. The smallest absolute Gasteiger partial charge is 0.491 e. The van der Waals surface area contributed by atoms with E-state index < -0.39 is 23.9 Å². The van der Waals surface area contributed by atoms with Gasteiger partial charge in [-0.15, -0.1) is 13.2 Å². The summed E-state index contributed by atoms with van der Waals surface area (Å²) in [7, 11) is 0. The third kappa shape index (κ3) is 5.33. The molecule has 0 aliphatic carbocycles. The Balaban J connectivity index is 1.82. The Bertz CT molecular complexity index is 1430. The largest absolute Gasteiger partial charge is 0.573 e. The number of carboxylic acids is 1. The van der Waals surface area contributed by atoms with Crippen LogP contribution in [0, 0.1) is 5.82 Å². The van der Waals surface area contributed by atoms with E-state index in [0.717, 1.165) is 18.2 Å². The van der Waals surface area contributed by atoms with Gasteiger partial charge in [-0.3, -0.25) is 0 Å². The van der Waals surface area contributed by atoms with Crippen molar-refractivity contribution >= 4 is 28.5 Å². The van der Waals surface area contributed by atoms with Crippen molar-refractivity contribution in [3.05, 3.63) is 71.1 Å². The number of carbonyl (C=O) groups is 1. The van der Waals surface area contributed by atoms with Crippen LogP contribution in [-0.4, -0.2) is 28.5 Å². The monoisotopic (exact) mass is 523 g/mol. The summed E-state index contributed by atoms with van der Waals surface area (Å²) in [5.74, 6) is -2.93. The van der Waals surface area contributed by atoms with Gasteiger partial charge in [0, 0.05) is 22.5 Å². The molecule has 0 atom stereocenters. The molecule has 0 saturated heterocycles. The topological polar surface area (TPSA) is 80.8 Å². The number of alkyl halides is 3. The van der Waals surface area contributed by atoms with Crippen LogP contribution in [0.5, 0.6) is 23.0 Å². The fourth-order valence-electron chi connectivity index (χ4n) is 3.60. The molecule has 0 amide bonds. The minimum absolute atomic E-state index is 0.0605. The molecule has 188 valence electrons. The lowest BCUT2D eigenvalue weighted by atomic mass is 10.00. The van der Waals surface area contributed by atoms with Crippen molar-refractivity contribution < 1.29 is 41.7 Å². The van der Waals surface area contributed by atoms with E-state index in [1.54, 1.807) is 24.3 Å². The summed E-state index contributed by atoms with van der Waals surface area (Å²) in [5, 5.41) is 9.76. The number of halogens is 5. The zero-order valence-corrected chi connectivity index (χ0v) is 19.5. The van der Waals surface area contributed by atoms with Crippen molar-refractivity contribution in [2.45, 2.75) is 26.3 Å². The van der Waals surface area contributed by atoms with Crippen LogP contribution < -0.4 is 14.2 Å². The summed E-state index contributed by atoms with van der Waals surface area (Å²) < 4.78 is 66.8. The molecule has 11 heteroatoms. The van der Waals surface area contributed by atoms with E-state index in [1.165, 1.54) is 12.1 Å². The second-order valence-electron chi connectivity index (χ2n) is 7.91. The van der Waals surface area contributed by atoms with Crippen LogP contribution in [0.4, 0.5) is 17.6 Å². The second-order valence-corrected chi connectivity index (χ2v) is 8.29. The van der Waals surface area contributed by atoms with E-state index in [2.05, 4.69) is 9.72 Å². The van der Waals surface area contributed by atoms with Crippen LogP contribution in [0.1, 0.15) is 24.3 Å². The first kappa shape index (κ1) is 25.2. The van der Waals surface area contributed by atoms with Crippen LogP contribution in [0.3, 0.4) is 0 Å². The van der Waals surface area contributed by atoms with E-state index in [-0.39, 0.29) is 28.3 Å². The van der Waals surface area contributed by atoms with Crippen molar-refractivity contribution in [3.8, 4) is 34.1 Å². The summed E-state index contributed by atoms with van der Waals surface area (Å²) in [6.07, 6.45) is -5.12. The highest BCUT2D eigenvalue weighted by atomic mass is 35.5. The molecule has 0 fully saturated rings. The average Bonchev–Trinajstić information content (AvgIpc) is 3.12. The van der Waals surface area contributed by atoms with Gasteiger partial charge in [0.25, 0.3) is 0 Å². The van der Waals surface area contributed by atoms with Gasteiger partial charge in [-0.1, -0.05) is 23.7 Å². The summed E-state index contributed by atoms with van der Waals surface area (Å²) in [5.41, 5.74) is 1.13. The van der Waals surface area contributed by atoms with Crippen molar-refractivity contribution in [1.29, 1.82) is 0 Å². The number of benzene rings is 3. The minimum atomic E-state index is -5.06. The molecule has 1 heterocycles. The average molecular weight is 524 g/mol. The van der Waals surface area contributed by atoms with Crippen molar-refractivity contribution in [2.75, 3.05) is 0 Å². The Morgan fingerprint density at radius 3 is 2.22 bits per heavy atom. The number of H-pyrrole nitrogens is 1. The predicted molar refractivity (Wildman–Crippen MR) is 125 cm³/mol. The van der Waals surface area contributed by atoms with Gasteiger partial charge in [-0.05, 0) is 55.8 Å². The maximum absolute atomic E-state index is 14.3. The van der Waals surface area contributed by atoms with Crippen molar-refractivity contribution in [2.24, 2.45) is 0 Å². The van der Waals surface area contributed by atoms with E-state index in [4.69, 9.17) is 21.1 Å². The first-order chi connectivity index (χ1) is 16.9. The second kappa shape index (κ2) is 9.62. The predicted octanol–water partition coefficient (Wildman–Crippen LogP) is 7.80. The summed E-state index contributed by atoms with van der Waals surface area (Å²) in [6.45, 7) is 3.75. The van der Waals surface area contributed by atoms with Crippen LogP contribution in [0.15, 0.2) is 54.6 Å². The van der Waals surface area contributed by atoms with Gasteiger partial charge < -0.3 is 24.3 Å². The fraction of sp³-hybridized carbons (Fsp3) is 0.160. The van der Waals surface area contributed by atoms with Gasteiger partial charge in [0.15, 0.2) is 11.6 Å². The van der Waals surface area contributed by atoms with Crippen molar-refractivity contribution in [1.82, 2.24) is 4.98 Å². The normalized spacial score (nSPS) is 11.7. The molecule has 0 radical (unpaired) electrons. The molecule has 0 bridgehead atoms. The number of aromatic amines is 1. The van der Waals surface area contributed by atoms with E-state index >= 15 is 0 Å². The molecule has 2 N–H and O–H groups in total. The molecule has 4 aromatic rings. The van der Waals surface area contributed by atoms with Gasteiger partial charge in [0.05, 0.1) is 11.1 Å². The van der Waals surface area contributed by atoms with E-state index in [9.17, 15) is 27.5 Å². The third-order valence-electron chi connectivity index (χ3n) is 4.95. The Morgan fingerprint density at radius 1 is 1.00 bits per heavy atom. The van der Waals surface area contributed by atoms with Crippen LogP contribution >= 0.6 is 11.6 Å². The number of hydrogen-bond donors (Lipinski definition) is 2. The van der Waals surface area contributed by atoms with E-state index in [1.807, 2.05) is 13.8 Å². The number of fused-ring (bicyclic) bond motifs is 1. The molecule has 0 spiro atoms. The Hall–Kier alpha value is -3.92. The quantitative estimate of drug-likeness (QED) is 0.241. The molecule has 1 aromatic heterocycles. The maximum atomic E-state index is 14.3. The Morgan fingerprint density at radius 2 is 1.64 bits per heavy atom. The van der Waals surface area contributed by atoms with Crippen LogP contribution in [-0.2, 0) is 0 Å². The van der Waals surface area contributed by atoms with Crippen LogP contribution in [0.25, 0.3) is 22.0 Å². The number of carboxylic acid groups (broad SMARTS) is 1. The number of rotatable bonds is 7. The molecule has 0 saturated carbocycles. The van der Waals surface area contributed by atoms with Gasteiger partial charge in [0.1, 0.15) is 22.9 Å². The first-order valence-corrected chi connectivity index (χ1v) is 10.9. The minimum Gasteiger partial charge on any atom is -0.491 e. The summed E-state index contributed by atoms with van der Waals surface area (Å²) in [4.78, 5) is 14.4. The van der Waals surface area contributed by atoms with Gasteiger partial charge in [-0.2, -0.15) is 0 Å². The summed E-state index contributed by atoms with van der Waals surface area (Å²) in [6, 6.07) is 12.5. The lowest BCUT2D eigenvalue weighted by Crippen LogP contribution is -2.17. The molecule has 36 heavy (non-hydrogen) atoms. The van der Waals surface area contributed by atoms with E-state index in [0.29, 0.717) is 27.8 Å². The SMILES string of the molecule is CC(C)Oc1ccc(-c2c(Oc3ccc(OC(F)(F)F)c(F)c3)ccc3[nH]c(C(=O)O)c(Cl)c23)cc1. The number of nitrogens with one attached hydrogen (secondary N) is 1. The molecule has 4 rings (SSSR count). The number of aromatic nitrogens is 1. The molecule has 0 unspecified atom stereocenters. The molecular weight excluding hydrogens is 506 g/mol. The van der Waals surface area contributed by atoms with Crippen molar-refractivity contribution in [3.63, 3.8) is 0 Å². The maximum Gasteiger partial charge on any atom is 0.573 e. The molecular formula is C25H18ClF4NO5. The highest BCUT2D eigenvalue weighted by Gasteiger charge is 2.32. The van der Waals surface area contributed by atoms with Gasteiger partial charge in [-0.25, -0.2) is 9.18 Å². The highest BCUT2D eigenvalue weighted by molar-refractivity contribution is 6.39. The first-order valence-electron chi connectivity index (χ1n) is 10.5. The standard InChI is InChI=1S/C25H18ClF4NO5/c1-12(2)34-14-5-3-13(4-6-14)20-19(10-8-17-21(20)22(26)23(31-17)24(32)33)35-15-7-9-18(16(27)11-15)36-25(28,29)30/h3-12,31H,1-2H3,(H,32,33). The lowest BCUT2D eigenvalue weighted by Gasteiger charge is -2.15. The zero-order valence-electron chi connectivity index (χ0n) is 18.7. The number of hydrogen-bond acceptors (Lipinski definition) is 4. The Kier molecular flexibility index (Phi) is 6.73. The summed E-state index contributed by atoms with van der Waals surface area (Å²) >= 11 is 6.41. The fourth-order valence-corrected chi connectivity index (χ4v) is 3.93. The van der Waals surface area contributed by atoms with Crippen LogP contribution in [0.2, 0.25) is 5.02 Å². The van der Waals surface area contributed by atoms with Gasteiger partial charge in [0.2, 0.25) is 0 Å². The molecule has 3 aromatic carbocycles.